The van der Waals surface area contributed by atoms with Crippen LogP contribution in [0.5, 0.6) is 0 Å². The van der Waals surface area contributed by atoms with Gasteiger partial charge in [-0.3, -0.25) is 11.3 Å². The first-order valence-corrected chi connectivity index (χ1v) is 19.7. The zero-order valence-corrected chi connectivity index (χ0v) is 35.5. The van der Waals surface area contributed by atoms with Crippen molar-refractivity contribution in [2.24, 2.45) is 0 Å². The minimum atomic E-state index is 0.0737. The zero-order valence-electron chi connectivity index (χ0n) is 33.7. The molecular formula is C45H68P2-2. The second-order valence-corrected chi connectivity index (χ2v) is 21.5. The van der Waals surface area contributed by atoms with Crippen molar-refractivity contribution < 1.29 is 0 Å². The van der Waals surface area contributed by atoms with E-state index in [0.29, 0.717) is 0 Å². The second kappa shape index (κ2) is 15.5. The molecule has 0 spiro atoms. The molecule has 0 aliphatic rings. The van der Waals surface area contributed by atoms with E-state index in [1.165, 1.54) is 50.4 Å². The van der Waals surface area contributed by atoms with Gasteiger partial charge < -0.3 is 17.2 Å². The van der Waals surface area contributed by atoms with E-state index in [4.69, 9.17) is 0 Å². The maximum atomic E-state index is 3.56. The first-order valence-electron chi connectivity index (χ1n) is 17.9. The fourth-order valence-electron chi connectivity index (χ4n) is 5.57. The van der Waals surface area contributed by atoms with E-state index in [1.54, 1.807) is 0 Å². The van der Waals surface area contributed by atoms with Crippen molar-refractivity contribution in [3.05, 3.63) is 57.6 Å². The summed E-state index contributed by atoms with van der Waals surface area (Å²) in [5.41, 5.74) is 16.3. The molecule has 0 amide bonds. The van der Waals surface area contributed by atoms with Crippen LogP contribution in [0, 0.1) is 23.2 Å². The normalized spacial score (nSPS) is 13.7. The molecule has 0 saturated carbocycles. The van der Waals surface area contributed by atoms with Crippen LogP contribution in [0.2, 0.25) is 0 Å². The third kappa shape index (κ3) is 12.4. The summed E-state index contributed by atoms with van der Waals surface area (Å²) in [6, 6.07) is 9.81. The van der Waals surface area contributed by atoms with Crippen molar-refractivity contribution in [3.63, 3.8) is 0 Å². The lowest BCUT2D eigenvalue weighted by Crippen LogP contribution is -2.30. The van der Waals surface area contributed by atoms with Crippen molar-refractivity contribution in [3.8, 4) is 23.2 Å². The van der Waals surface area contributed by atoms with Crippen molar-refractivity contribution >= 4 is 27.8 Å². The molecule has 0 heterocycles. The number of benzene rings is 2. The number of hydrogen-bond donors (Lipinski definition) is 0. The van der Waals surface area contributed by atoms with Crippen molar-refractivity contribution in [1.29, 1.82) is 0 Å². The lowest BCUT2D eigenvalue weighted by atomic mass is 9.75. The van der Waals surface area contributed by atoms with E-state index in [9.17, 15) is 0 Å². The van der Waals surface area contributed by atoms with Gasteiger partial charge in [0.05, 0.1) is 0 Å². The average molecular weight is 671 g/mol. The maximum Gasteiger partial charge on any atom is 0.00618 e. The van der Waals surface area contributed by atoms with E-state index < -0.39 is 0 Å². The first kappa shape index (κ1) is 41.6. The summed E-state index contributed by atoms with van der Waals surface area (Å²) in [7, 11) is 2.27. The Balaban J connectivity index is 2.09. The Kier molecular flexibility index (Phi) is 13.7. The van der Waals surface area contributed by atoms with Gasteiger partial charge in [-0.2, -0.15) is 10.6 Å². The summed E-state index contributed by atoms with van der Waals surface area (Å²) in [5, 5.41) is 2.83. The molecule has 2 aromatic rings. The van der Waals surface area contributed by atoms with Gasteiger partial charge in [-0.1, -0.05) is 178 Å². The molecule has 2 rings (SSSR count). The van der Waals surface area contributed by atoms with Gasteiger partial charge in [-0.15, -0.1) is 11.8 Å². The Morgan fingerprint density at radius 3 is 0.851 bits per heavy atom. The molecular weight excluding hydrogens is 602 g/mol. The fraction of sp³-hybridized carbons (Fsp3) is 0.644. The van der Waals surface area contributed by atoms with Gasteiger partial charge in [-0.05, 0) is 56.5 Å². The number of rotatable bonds is 6. The van der Waals surface area contributed by atoms with Gasteiger partial charge in [0.1, 0.15) is 0 Å². The van der Waals surface area contributed by atoms with Crippen molar-refractivity contribution in [2.45, 2.75) is 189 Å². The van der Waals surface area contributed by atoms with Crippen molar-refractivity contribution in [2.75, 3.05) is 0 Å². The molecule has 260 valence electrons. The highest BCUT2D eigenvalue weighted by Gasteiger charge is 2.27. The number of hydrogen-bond acceptors (Lipinski definition) is 0. The molecule has 0 unspecified atom stereocenters. The van der Waals surface area contributed by atoms with Gasteiger partial charge in [0, 0.05) is 12.8 Å². The summed E-state index contributed by atoms with van der Waals surface area (Å²) in [5.74, 6) is 7.03. The highest BCUT2D eigenvalue weighted by Crippen LogP contribution is 2.38. The Bertz CT molecular complexity index is 1300. The van der Waals surface area contributed by atoms with E-state index >= 15 is 0 Å². The Labute approximate surface area is 296 Å². The average Bonchev–Trinajstić information content (AvgIpc) is 2.87. The third-order valence-corrected chi connectivity index (χ3v) is 10.7. The molecule has 0 bridgehead atoms. The van der Waals surface area contributed by atoms with E-state index in [-0.39, 0.29) is 32.5 Å². The zero-order chi connectivity index (χ0) is 36.2. The molecule has 0 saturated heterocycles. The minimum Gasteiger partial charge on any atom is -0.419 e. The summed E-state index contributed by atoms with van der Waals surface area (Å²) in [4.78, 5) is 0. The summed E-state index contributed by atoms with van der Waals surface area (Å²) in [6.07, 6.45) is 5.37. The highest BCUT2D eigenvalue weighted by atomic mass is 31.1. The van der Waals surface area contributed by atoms with Crippen LogP contribution in [0.3, 0.4) is 0 Å². The molecule has 0 N–H and O–H groups in total. The van der Waals surface area contributed by atoms with Gasteiger partial charge in [-0.25, -0.2) is 0 Å². The maximum absolute atomic E-state index is 3.56. The Hall–Kier alpha value is -1.58. The molecule has 2 heteroatoms. The smallest absolute Gasteiger partial charge is 0.00618 e. The molecule has 0 aromatic heterocycles. The SMILES string of the molecule is CC(C)(C)c1cc(C(C)(C)C)c([P-]C#CCCCCCC#C[P-]c2c(C(C)(C)C)cc(C(C)(C)C)cc2C(C)(C)C)c(C(C)(C)C)c1. The largest absolute Gasteiger partial charge is 0.419 e. The van der Waals surface area contributed by atoms with E-state index in [1.807, 2.05) is 0 Å². The highest BCUT2D eigenvalue weighted by molar-refractivity contribution is 7.53. The molecule has 2 aromatic carbocycles. The monoisotopic (exact) mass is 670 g/mol. The standard InChI is InChI=1S/C45H68P2/c1-40(2,3)32-28-34(42(7,8)9)38(35(29-32)43(10,11)12)46-26-24-22-20-19-21-23-25-27-47-39-36(44(13,14)15)30-33(41(4,5)6)31-37(39)45(16,17)18/h28-31H,19-23H2,1-18H3/q-2. The molecule has 0 aliphatic carbocycles. The van der Waals surface area contributed by atoms with Crippen LogP contribution in [-0.4, -0.2) is 0 Å². The summed E-state index contributed by atoms with van der Waals surface area (Å²) >= 11 is 0. The Morgan fingerprint density at radius 2 is 0.638 bits per heavy atom. The van der Waals surface area contributed by atoms with Gasteiger partial charge in [0.25, 0.3) is 0 Å². The second-order valence-electron chi connectivity index (χ2n) is 19.7. The lowest BCUT2D eigenvalue weighted by molar-refractivity contribution is 0.553. The summed E-state index contributed by atoms with van der Waals surface area (Å²) in [6.45, 7) is 42.0. The van der Waals surface area contributed by atoms with Crippen LogP contribution in [0.1, 0.15) is 190 Å². The van der Waals surface area contributed by atoms with Gasteiger partial charge in [0.15, 0.2) is 0 Å². The predicted molar refractivity (Wildman–Crippen MR) is 217 cm³/mol. The predicted octanol–water partition coefficient (Wildman–Crippen LogP) is 13.2. The molecule has 47 heavy (non-hydrogen) atoms. The molecule has 0 nitrogen and oxygen atoms in total. The van der Waals surface area contributed by atoms with Gasteiger partial charge >= 0.3 is 0 Å². The van der Waals surface area contributed by atoms with Crippen LogP contribution >= 0.6 is 17.2 Å². The first-order chi connectivity index (χ1) is 21.1. The molecule has 0 aliphatic heterocycles. The molecule has 0 atom stereocenters. The fourth-order valence-corrected chi connectivity index (χ4v) is 8.26. The lowest BCUT2D eigenvalue weighted by Gasteiger charge is -2.38. The van der Waals surface area contributed by atoms with Crippen molar-refractivity contribution in [1.82, 2.24) is 0 Å². The van der Waals surface area contributed by atoms with Crippen LogP contribution < -0.4 is 10.6 Å². The van der Waals surface area contributed by atoms with Crippen LogP contribution in [0.25, 0.3) is 0 Å². The summed E-state index contributed by atoms with van der Waals surface area (Å²) < 4.78 is 0. The third-order valence-electron chi connectivity index (χ3n) is 8.78. The quantitative estimate of drug-likeness (QED) is 0.163. The van der Waals surface area contributed by atoms with Crippen LogP contribution in [0.15, 0.2) is 24.3 Å². The van der Waals surface area contributed by atoms with E-state index in [0.717, 1.165) is 42.8 Å². The van der Waals surface area contributed by atoms with E-state index in [2.05, 4.69) is 172 Å². The van der Waals surface area contributed by atoms with Crippen LogP contribution in [-0.2, 0) is 32.5 Å². The van der Waals surface area contributed by atoms with Crippen LogP contribution in [0.4, 0.5) is 0 Å². The van der Waals surface area contributed by atoms with Gasteiger partial charge in [0.2, 0.25) is 0 Å². The minimum absolute atomic E-state index is 0.0737. The topological polar surface area (TPSA) is 0 Å². The molecule has 0 radical (unpaired) electrons. The Morgan fingerprint density at radius 1 is 0.383 bits per heavy atom. The molecule has 0 fully saturated rings. The number of unbranched alkanes of at least 4 members (excludes halogenated alkanes) is 4.